The summed E-state index contributed by atoms with van der Waals surface area (Å²) in [6.07, 6.45) is 3.29. The second-order valence-corrected chi connectivity index (χ2v) is 7.87. The van der Waals surface area contributed by atoms with E-state index in [1.54, 1.807) is 0 Å². The molecule has 4 nitrogen and oxygen atoms in total. The average Bonchev–Trinajstić information content (AvgIpc) is 2.83. The lowest BCUT2D eigenvalue weighted by atomic mass is 10.1. The van der Waals surface area contributed by atoms with Crippen LogP contribution in [0.4, 0.5) is 0 Å². The molecule has 0 aliphatic carbocycles. The first kappa shape index (κ1) is 13.3. The summed E-state index contributed by atoms with van der Waals surface area (Å²) in [6, 6.07) is 1.22. The third kappa shape index (κ3) is 3.42. The average molecular weight is 260 g/mol. The molecule has 2 fully saturated rings. The van der Waals surface area contributed by atoms with E-state index in [4.69, 9.17) is 0 Å². The predicted molar refractivity (Wildman–Crippen MR) is 69.9 cm³/mol. The molecule has 0 aromatic rings. The molecule has 0 saturated carbocycles. The molecule has 100 valence electrons. The molecule has 2 saturated heterocycles. The second-order valence-electron chi connectivity index (χ2n) is 5.64. The summed E-state index contributed by atoms with van der Waals surface area (Å²) in [5.41, 5.74) is 0. The van der Waals surface area contributed by atoms with Gasteiger partial charge in [0.15, 0.2) is 9.84 Å². The monoisotopic (exact) mass is 260 g/mol. The fourth-order valence-corrected chi connectivity index (χ4v) is 4.73. The normalized spacial score (nSPS) is 32.7. The Labute approximate surface area is 105 Å². The van der Waals surface area contributed by atoms with Gasteiger partial charge in [0.05, 0.1) is 11.5 Å². The zero-order chi connectivity index (χ0) is 12.5. The van der Waals surface area contributed by atoms with Gasteiger partial charge in [-0.25, -0.2) is 8.42 Å². The predicted octanol–water partition coefficient (Wildman–Crippen LogP) is 0.636. The van der Waals surface area contributed by atoms with E-state index < -0.39 is 9.84 Å². The number of hydrogen-bond donors (Lipinski definition) is 1. The quantitative estimate of drug-likeness (QED) is 0.806. The van der Waals surface area contributed by atoms with Crippen molar-refractivity contribution in [2.45, 2.75) is 51.2 Å². The van der Waals surface area contributed by atoms with E-state index in [2.05, 4.69) is 24.1 Å². The summed E-state index contributed by atoms with van der Waals surface area (Å²) in [4.78, 5) is 2.38. The fourth-order valence-electron chi connectivity index (χ4n) is 2.99. The van der Waals surface area contributed by atoms with Crippen LogP contribution in [-0.2, 0) is 9.84 Å². The Balaban J connectivity index is 1.97. The first-order valence-electron chi connectivity index (χ1n) is 6.67. The molecule has 2 aliphatic rings. The van der Waals surface area contributed by atoms with Gasteiger partial charge in [0.2, 0.25) is 0 Å². The van der Waals surface area contributed by atoms with Crippen molar-refractivity contribution in [1.29, 1.82) is 0 Å². The number of rotatable bonds is 4. The molecule has 2 heterocycles. The van der Waals surface area contributed by atoms with Crippen LogP contribution in [0.1, 0.15) is 33.1 Å². The van der Waals surface area contributed by atoms with Crippen LogP contribution in [0.15, 0.2) is 0 Å². The van der Waals surface area contributed by atoms with Crippen LogP contribution in [0.2, 0.25) is 0 Å². The van der Waals surface area contributed by atoms with Crippen molar-refractivity contribution in [2.24, 2.45) is 0 Å². The zero-order valence-corrected chi connectivity index (χ0v) is 11.7. The molecular formula is C12H24N2O2S. The highest BCUT2D eigenvalue weighted by Gasteiger charge is 2.34. The number of nitrogens with one attached hydrogen (secondary N) is 1. The van der Waals surface area contributed by atoms with Gasteiger partial charge < -0.3 is 5.32 Å². The lowest BCUT2D eigenvalue weighted by molar-refractivity contribution is 0.152. The van der Waals surface area contributed by atoms with Crippen LogP contribution in [0, 0.1) is 0 Å². The van der Waals surface area contributed by atoms with E-state index in [9.17, 15) is 8.42 Å². The first-order valence-corrected chi connectivity index (χ1v) is 8.49. The smallest absolute Gasteiger partial charge is 0.151 e. The van der Waals surface area contributed by atoms with Crippen molar-refractivity contribution >= 4 is 9.84 Å². The number of nitrogens with zero attached hydrogens (tertiary/aromatic N) is 1. The third-order valence-corrected chi connectivity index (χ3v) is 5.68. The summed E-state index contributed by atoms with van der Waals surface area (Å²) < 4.78 is 23.1. The number of sulfone groups is 1. The SMILES string of the molecule is CC(C)N(CC1CCCN1)C1CCS(=O)(=O)C1. The van der Waals surface area contributed by atoms with Crippen molar-refractivity contribution in [3.05, 3.63) is 0 Å². The molecule has 0 spiro atoms. The molecule has 2 unspecified atom stereocenters. The van der Waals surface area contributed by atoms with Crippen LogP contribution >= 0.6 is 0 Å². The van der Waals surface area contributed by atoms with Gasteiger partial charge in [0, 0.05) is 24.7 Å². The fraction of sp³-hybridized carbons (Fsp3) is 1.00. The molecule has 2 atom stereocenters. The molecule has 0 amide bonds. The molecule has 0 aromatic heterocycles. The van der Waals surface area contributed by atoms with Crippen LogP contribution in [0.3, 0.4) is 0 Å². The van der Waals surface area contributed by atoms with Crippen molar-refractivity contribution in [2.75, 3.05) is 24.6 Å². The van der Waals surface area contributed by atoms with Crippen molar-refractivity contribution in [3.8, 4) is 0 Å². The van der Waals surface area contributed by atoms with Gasteiger partial charge in [0.1, 0.15) is 0 Å². The summed E-state index contributed by atoms with van der Waals surface area (Å²) >= 11 is 0. The first-order chi connectivity index (χ1) is 7.98. The Morgan fingerprint density at radius 2 is 2.12 bits per heavy atom. The van der Waals surface area contributed by atoms with Gasteiger partial charge in [-0.2, -0.15) is 0 Å². The van der Waals surface area contributed by atoms with E-state index in [0.29, 0.717) is 23.6 Å². The lowest BCUT2D eigenvalue weighted by Gasteiger charge is -2.34. The zero-order valence-electron chi connectivity index (χ0n) is 10.9. The molecule has 0 bridgehead atoms. The van der Waals surface area contributed by atoms with E-state index in [1.807, 2.05) is 0 Å². The van der Waals surface area contributed by atoms with Crippen LogP contribution in [0.25, 0.3) is 0 Å². The van der Waals surface area contributed by atoms with Crippen molar-refractivity contribution < 1.29 is 8.42 Å². The molecule has 0 aromatic carbocycles. The molecule has 17 heavy (non-hydrogen) atoms. The Bertz CT molecular complexity index is 348. The van der Waals surface area contributed by atoms with Gasteiger partial charge in [-0.05, 0) is 39.7 Å². The minimum atomic E-state index is -2.77. The van der Waals surface area contributed by atoms with E-state index >= 15 is 0 Å². The highest BCUT2D eigenvalue weighted by molar-refractivity contribution is 7.91. The maximum Gasteiger partial charge on any atom is 0.151 e. The minimum absolute atomic E-state index is 0.238. The molecule has 2 rings (SSSR count). The summed E-state index contributed by atoms with van der Waals surface area (Å²) in [5, 5.41) is 3.50. The van der Waals surface area contributed by atoms with Crippen LogP contribution in [0.5, 0.6) is 0 Å². The van der Waals surface area contributed by atoms with E-state index in [0.717, 1.165) is 19.5 Å². The van der Waals surface area contributed by atoms with E-state index in [1.165, 1.54) is 12.8 Å². The molecular weight excluding hydrogens is 236 g/mol. The highest BCUT2D eigenvalue weighted by atomic mass is 32.2. The van der Waals surface area contributed by atoms with Crippen LogP contribution in [-0.4, -0.2) is 56.0 Å². The second kappa shape index (κ2) is 5.24. The topological polar surface area (TPSA) is 49.4 Å². The Kier molecular flexibility index (Phi) is 4.10. The molecule has 1 N–H and O–H groups in total. The van der Waals surface area contributed by atoms with Crippen LogP contribution < -0.4 is 5.32 Å². The Morgan fingerprint density at radius 1 is 1.35 bits per heavy atom. The maximum atomic E-state index is 11.6. The van der Waals surface area contributed by atoms with Gasteiger partial charge in [-0.1, -0.05) is 0 Å². The van der Waals surface area contributed by atoms with Gasteiger partial charge >= 0.3 is 0 Å². The summed E-state index contributed by atoms with van der Waals surface area (Å²) in [6.45, 7) is 6.44. The Morgan fingerprint density at radius 3 is 2.59 bits per heavy atom. The largest absolute Gasteiger partial charge is 0.313 e. The van der Waals surface area contributed by atoms with Crippen molar-refractivity contribution in [3.63, 3.8) is 0 Å². The third-order valence-electron chi connectivity index (χ3n) is 3.93. The lowest BCUT2D eigenvalue weighted by Crippen LogP contribution is -2.47. The van der Waals surface area contributed by atoms with Gasteiger partial charge in [0.25, 0.3) is 0 Å². The minimum Gasteiger partial charge on any atom is -0.313 e. The van der Waals surface area contributed by atoms with Crippen molar-refractivity contribution in [1.82, 2.24) is 10.2 Å². The number of hydrogen-bond acceptors (Lipinski definition) is 4. The maximum absolute atomic E-state index is 11.6. The van der Waals surface area contributed by atoms with E-state index in [-0.39, 0.29) is 6.04 Å². The molecule has 2 aliphatic heterocycles. The molecule has 0 radical (unpaired) electrons. The highest BCUT2D eigenvalue weighted by Crippen LogP contribution is 2.21. The molecule has 5 heteroatoms. The van der Waals surface area contributed by atoms with Gasteiger partial charge in [-0.15, -0.1) is 0 Å². The van der Waals surface area contributed by atoms with Gasteiger partial charge in [-0.3, -0.25) is 4.90 Å². The standard InChI is InChI=1S/C12H24N2O2S/c1-10(2)14(8-11-4-3-6-13-11)12-5-7-17(15,16)9-12/h10-13H,3-9H2,1-2H3. The summed E-state index contributed by atoms with van der Waals surface area (Å²) in [7, 11) is -2.77. The Hall–Kier alpha value is -0.130. The summed E-state index contributed by atoms with van der Waals surface area (Å²) in [5.74, 6) is 0.733.